The fourth-order valence-electron chi connectivity index (χ4n) is 1.73. The molecule has 22 heavy (non-hydrogen) atoms. The van der Waals surface area contributed by atoms with E-state index in [1.54, 1.807) is 7.05 Å². The summed E-state index contributed by atoms with van der Waals surface area (Å²) in [7, 11) is 0.438. The van der Waals surface area contributed by atoms with Crippen molar-refractivity contribution in [1.82, 2.24) is 14.9 Å². The van der Waals surface area contributed by atoms with Gasteiger partial charge in [0.2, 0.25) is 10.0 Å². The third-order valence-corrected chi connectivity index (χ3v) is 3.66. The van der Waals surface area contributed by atoms with Crippen LogP contribution < -0.4 is 10.0 Å². The summed E-state index contributed by atoms with van der Waals surface area (Å²) in [4.78, 5) is 6.11. The highest BCUT2D eigenvalue weighted by Gasteiger charge is 2.07. The molecular formula is C13H22ClIN4O2S. The summed E-state index contributed by atoms with van der Waals surface area (Å²) in [6, 6.07) is 7.60. The molecule has 0 aliphatic heterocycles. The van der Waals surface area contributed by atoms with Gasteiger partial charge in [0.1, 0.15) is 0 Å². The molecule has 0 heterocycles. The molecule has 1 aromatic carbocycles. The van der Waals surface area contributed by atoms with Gasteiger partial charge < -0.3 is 10.2 Å². The molecule has 0 spiro atoms. The minimum Gasteiger partial charge on any atom is -0.355 e. The zero-order chi connectivity index (χ0) is 15.9. The first kappa shape index (κ1) is 21.4. The Kier molecular flexibility index (Phi) is 9.97. The van der Waals surface area contributed by atoms with E-state index in [4.69, 9.17) is 11.6 Å². The van der Waals surface area contributed by atoms with Crippen molar-refractivity contribution in [1.29, 1.82) is 0 Å². The van der Waals surface area contributed by atoms with Crippen LogP contribution in [0, 0.1) is 0 Å². The SMILES string of the molecule is CN=C(NCCNS(C)(=O)=O)N(C)Cc1ccc(Cl)cc1.I. The summed E-state index contributed by atoms with van der Waals surface area (Å²) < 4.78 is 24.3. The van der Waals surface area contributed by atoms with E-state index in [0.717, 1.165) is 11.8 Å². The second-order valence-electron chi connectivity index (χ2n) is 4.62. The third-order valence-electron chi connectivity index (χ3n) is 2.68. The van der Waals surface area contributed by atoms with Gasteiger partial charge in [-0.25, -0.2) is 13.1 Å². The van der Waals surface area contributed by atoms with Crippen LogP contribution in [0.25, 0.3) is 0 Å². The average molecular weight is 461 g/mol. The Hall–Kier alpha value is -0.580. The van der Waals surface area contributed by atoms with Crippen LogP contribution in [0.4, 0.5) is 0 Å². The molecule has 126 valence electrons. The first-order chi connectivity index (χ1) is 9.81. The van der Waals surface area contributed by atoms with Crippen molar-refractivity contribution in [3.05, 3.63) is 34.9 Å². The summed E-state index contributed by atoms with van der Waals surface area (Å²) in [5, 5.41) is 3.80. The van der Waals surface area contributed by atoms with Crippen LogP contribution in [0.3, 0.4) is 0 Å². The summed E-state index contributed by atoms with van der Waals surface area (Å²) in [6.45, 7) is 1.45. The van der Waals surface area contributed by atoms with Crippen LogP contribution in [-0.2, 0) is 16.6 Å². The number of hydrogen-bond acceptors (Lipinski definition) is 3. The molecule has 0 aliphatic rings. The van der Waals surface area contributed by atoms with Crippen LogP contribution in [0.1, 0.15) is 5.56 Å². The summed E-state index contributed by atoms with van der Waals surface area (Å²) in [6.07, 6.45) is 1.13. The topological polar surface area (TPSA) is 73.8 Å². The molecule has 6 nitrogen and oxygen atoms in total. The number of hydrogen-bond donors (Lipinski definition) is 2. The molecule has 1 rings (SSSR count). The van der Waals surface area contributed by atoms with Crippen molar-refractivity contribution in [2.24, 2.45) is 4.99 Å². The van der Waals surface area contributed by atoms with Gasteiger partial charge in [0, 0.05) is 38.8 Å². The minimum atomic E-state index is -3.16. The van der Waals surface area contributed by atoms with Crippen molar-refractivity contribution in [2.75, 3.05) is 33.4 Å². The maximum atomic E-state index is 11.0. The predicted molar refractivity (Wildman–Crippen MR) is 103 cm³/mol. The van der Waals surface area contributed by atoms with E-state index in [9.17, 15) is 8.42 Å². The van der Waals surface area contributed by atoms with Crippen molar-refractivity contribution < 1.29 is 8.42 Å². The fraction of sp³-hybridized carbons (Fsp3) is 0.462. The Bertz CT molecular complexity index is 578. The summed E-state index contributed by atoms with van der Waals surface area (Å²) in [5.41, 5.74) is 1.11. The van der Waals surface area contributed by atoms with Gasteiger partial charge in [-0.15, -0.1) is 24.0 Å². The van der Waals surface area contributed by atoms with Crippen molar-refractivity contribution >= 4 is 51.6 Å². The maximum Gasteiger partial charge on any atom is 0.208 e. The highest BCUT2D eigenvalue weighted by atomic mass is 127. The van der Waals surface area contributed by atoms with Gasteiger partial charge >= 0.3 is 0 Å². The Morgan fingerprint density at radius 1 is 1.27 bits per heavy atom. The molecule has 0 saturated heterocycles. The molecule has 2 N–H and O–H groups in total. The lowest BCUT2D eigenvalue weighted by Gasteiger charge is -2.22. The number of benzene rings is 1. The van der Waals surface area contributed by atoms with Crippen LogP contribution in [-0.4, -0.2) is 52.7 Å². The number of guanidine groups is 1. The standard InChI is InChI=1S/C13H21ClN4O2S.HI/c1-15-13(16-8-9-17-21(3,19)20)18(2)10-11-4-6-12(14)7-5-11;/h4-7,17H,8-10H2,1-3H3,(H,15,16);1H. The zero-order valence-corrected chi connectivity index (χ0v) is 16.7. The molecule has 1 aromatic rings. The van der Waals surface area contributed by atoms with Crippen LogP contribution >= 0.6 is 35.6 Å². The van der Waals surface area contributed by atoms with Crippen molar-refractivity contribution in [3.63, 3.8) is 0 Å². The highest BCUT2D eigenvalue weighted by molar-refractivity contribution is 14.0. The predicted octanol–water partition coefficient (Wildman–Crippen LogP) is 1.51. The van der Waals surface area contributed by atoms with Gasteiger partial charge in [0.05, 0.1) is 6.26 Å². The summed E-state index contributed by atoms with van der Waals surface area (Å²) >= 11 is 5.85. The molecule has 0 bridgehead atoms. The van der Waals surface area contributed by atoms with E-state index in [-0.39, 0.29) is 24.0 Å². The molecule has 0 aliphatic carbocycles. The molecule has 0 radical (unpaired) electrons. The van der Waals surface area contributed by atoms with E-state index in [1.165, 1.54) is 0 Å². The summed E-state index contributed by atoms with van der Waals surface area (Å²) in [5.74, 6) is 0.695. The Labute approximate surface area is 154 Å². The second kappa shape index (κ2) is 10.2. The fourth-order valence-corrected chi connectivity index (χ4v) is 2.33. The van der Waals surface area contributed by atoms with Crippen molar-refractivity contribution in [3.8, 4) is 0 Å². The highest BCUT2D eigenvalue weighted by Crippen LogP contribution is 2.10. The lowest BCUT2D eigenvalue weighted by atomic mass is 10.2. The van der Waals surface area contributed by atoms with E-state index in [2.05, 4.69) is 15.0 Å². The molecule has 0 fully saturated rings. The molecule has 0 amide bonds. The monoisotopic (exact) mass is 460 g/mol. The Morgan fingerprint density at radius 2 is 1.86 bits per heavy atom. The molecule has 0 aromatic heterocycles. The first-order valence-electron chi connectivity index (χ1n) is 6.42. The largest absolute Gasteiger partial charge is 0.355 e. The van der Waals surface area contributed by atoms with Gasteiger partial charge in [0.15, 0.2) is 5.96 Å². The number of nitrogens with one attached hydrogen (secondary N) is 2. The van der Waals surface area contributed by atoms with Gasteiger partial charge in [-0.3, -0.25) is 4.99 Å². The molecule has 0 atom stereocenters. The smallest absolute Gasteiger partial charge is 0.208 e. The molecule has 9 heteroatoms. The lowest BCUT2D eigenvalue weighted by molar-refractivity contribution is 0.477. The Balaban J connectivity index is 0.00000441. The molecule has 0 unspecified atom stereocenters. The van der Waals surface area contributed by atoms with Crippen LogP contribution in [0.2, 0.25) is 5.02 Å². The average Bonchev–Trinajstić information content (AvgIpc) is 2.40. The first-order valence-corrected chi connectivity index (χ1v) is 8.69. The van der Waals surface area contributed by atoms with Crippen LogP contribution in [0.15, 0.2) is 29.3 Å². The van der Waals surface area contributed by atoms with E-state index < -0.39 is 10.0 Å². The minimum absolute atomic E-state index is 0. The van der Waals surface area contributed by atoms with Gasteiger partial charge in [0.25, 0.3) is 0 Å². The van der Waals surface area contributed by atoms with Gasteiger partial charge in [-0.1, -0.05) is 23.7 Å². The maximum absolute atomic E-state index is 11.0. The zero-order valence-electron chi connectivity index (χ0n) is 12.8. The van der Waals surface area contributed by atoms with E-state index >= 15 is 0 Å². The normalized spacial score (nSPS) is 11.7. The quantitative estimate of drug-likeness (QED) is 0.292. The number of aliphatic imine (C=N–C) groups is 1. The second-order valence-corrected chi connectivity index (χ2v) is 6.89. The lowest BCUT2D eigenvalue weighted by Crippen LogP contribution is -2.42. The van der Waals surface area contributed by atoms with Crippen molar-refractivity contribution in [2.45, 2.75) is 6.54 Å². The number of nitrogens with zero attached hydrogens (tertiary/aromatic N) is 2. The third kappa shape index (κ3) is 8.76. The van der Waals surface area contributed by atoms with E-state index in [1.807, 2.05) is 36.2 Å². The molecule has 0 saturated carbocycles. The number of rotatable bonds is 6. The van der Waals surface area contributed by atoms with Gasteiger partial charge in [-0.05, 0) is 17.7 Å². The van der Waals surface area contributed by atoms with Crippen LogP contribution in [0.5, 0.6) is 0 Å². The molecular weight excluding hydrogens is 439 g/mol. The van der Waals surface area contributed by atoms with Gasteiger partial charge in [-0.2, -0.15) is 0 Å². The number of sulfonamides is 1. The Morgan fingerprint density at radius 3 is 2.36 bits per heavy atom. The number of halogens is 2. The van der Waals surface area contributed by atoms with E-state index in [0.29, 0.717) is 30.6 Å².